The average molecular weight is 442 g/mol. The van der Waals surface area contributed by atoms with Gasteiger partial charge in [-0.1, -0.05) is 23.8 Å². The summed E-state index contributed by atoms with van der Waals surface area (Å²) < 4.78 is 49.4. The third kappa shape index (κ3) is 3.69. The molecule has 1 aliphatic heterocycles. The van der Waals surface area contributed by atoms with E-state index >= 15 is 0 Å². The van der Waals surface area contributed by atoms with Crippen LogP contribution < -0.4 is 10.6 Å². The van der Waals surface area contributed by atoms with Crippen molar-refractivity contribution in [2.75, 3.05) is 18.5 Å². The average Bonchev–Trinajstić information content (AvgIpc) is 2.99. The lowest BCUT2D eigenvalue weighted by Gasteiger charge is -2.37. The number of ether oxygens (including phenoxy) is 1. The van der Waals surface area contributed by atoms with Gasteiger partial charge in [0.25, 0.3) is 5.92 Å². The minimum Gasteiger partial charge on any atom is -0.377 e. The second-order valence-electron chi connectivity index (χ2n) is 7.50. The molecule has 2 atom stereocenters. The van der Waals surface area contributed by atoms with Crippen molar-refractivity contribution < 1.29 is 17.9 Å². The molecule has 1 fully saturated rings. The lowest BCUT2D eigenvalue weighted by atomic mass is 9.85. The SMILES string of the molecule is C[C@]1(c2cc(N[C@H]3CCc4cc(Cl)cnc43)ccc2F)NC(=S)COCC1(F)F. The van der Waals surface area contributed by atoms with E-state index in [1.807, 2.05) is 6.07 Å². The molecule has 9 heteroatoms. The largest absolute Gasteiger partial charge is 0.377 e. The Kier molecular flexibility index (Phi) is 5.21. The van der Waals surface area contributed by atoms with Crippen LogP contribution in [-0.4, -0.2) is 29.1 Å². The van der Waals surface area contributed by atoms with Crippen LogP contribution in [0.1, 0.15) is 36.2 Å². The number of aryl methyl sites for hydroxylation is 1. The van der Waals surface area contributed by atoms with E-state index in [2.05, 4.69) is 15.6 Å². The van der Waals surface area contributed by atoms with Crippen LogP contribution in [0.15, 0.2) is 30.5 Å². The van der Waals surface area contributed by atoms with Gasteiger partial charge in [-0.05, 0) is 49.6 Å². The van der Waals surface area contributed by atoms with Crippen molar-refractivity contribution in [1.82, 2.24) is 10.3 Å². The zero-order valence-corrected chi connectivity index (χ0v) is 17.1. The molecule has 1 aliphatic carbocycles. The van der Waals surface area contributed by atoms with E-state index in [9.17, 15) is 13.2 Å². The molecule has 0 unspecified atom stereocenters. The van der Waals surface area contributed by atoms with Gasteiger partial charge in [-0.2, -0.15) is 0 Å². The molecule has 154 valence electrons. The van der Waals surface area contributed by atoms with Gasteiger partial charge in [0.15, 0.2) is 0 Å². The Morgan fingerprint density at radius 2 is 2.14 bits per heavy atom. The molecule has 1 aromatic heterocycles. The number of benzene rings is 1. The zero-order chi connectivity index (χ0) is 20.8. The summed E-state index contributed by atoms with van der Waals surface area (Å²) in [6.07, 6.45) is 3.16. The number of thiocarbonyl (C=S) groups is 1. The molecule has 4 rings (SSSR count). The highest BCUT2D eigenvalue weighted by Crippen LogP contribution is 2.42. The van der Waals surface area contributed by atoms with Gasteiger partial charge in [0.2, 0.25) is 0 Å². The number of rotatable bonds is 3. The molecule has 4 nitrogen and oxygen atoms in total. The Hall–Kier alpha value is -1.90. The number of nitrogens with one attached hydrogen (secondary N) is 2. The van der Waals surface area contributed by atoms with Gasteiger partial charge in [0.1, 0.15) is 23.0 Å². The highest BCUT2D eigenvalue weighted by Gasteiger charge is 2.54. The van der Waals surface area contributed by atoms with Gasteiger partial charge in [0, 0.05) is 17.4 Å². The van der Waals surface area contributed by atoms with Gasteiger partial charge in [-0.15, -0.1) is 0 Å². The number of pyridine rings is 1. The lowest BCUT2D eigenvalue weighted by Crippen LogP contribution is -2.56. The summed E-state index contributed by atoms with van der Waals surface area (Å²) in [5.41, 5.74) is 0.207. The summed E-state index contributed by atoms with van der Waals surface area (Å²) in [5.74, 6) is -4.11. The summed E-state index contributed by atoms with van der Waals surface area (Å²) >= 11 is 11.1. The Labute approximate surface area is 176 Å². The third-order valence-corrected chi connectivity index (χ3v) is 5.91. The summed E-state index contributed by atoms with van der Waals surface area (Å²) in [7, 11) is 0. The van der Waals surface area contributed by atoms with Crippen molar-refractivity contribution in [1.29, 1.82) is 0 Å². The highest BCUT2D eigenvalue weighted by molar-refractivity contribution is 7.80. The molecule has 0 saturated carbocycles. The van der Waals surface area contributed by atoms with Crippen LogP contribution in [0.25, 0.3) is 0 Å². The fourth-order valence-electron chi connectivity index (χ4n) is 3.87. The summed E-state index contributed by atoms with van der Waals surface area (Å²) in [6, 6.07) is 5.87. The maximum atomic E-state index is 14.9. The molecule has 2 aromatic rings. The molecular formula is C20H19ClF3N3OS. The van der Waals surface area contributed by atoms with Crippen LogP contribution in [0, 0.1) is 5.82 Å². The number of alkyl halides is 2. The summed E-state index contributed by atoms with van der Waals surface area (Å²) in [6.45, 7) is 0.256. The molecule has 29 heavy (non-hydrogen) atoms. The minimum absolute atomic E-state index is 0.105. The number of fused-ring (bicyclic) bond motifs is 1. The Morgan fingerprint density at radius 3 is 2.93 bits per heavy atom. The number of hydrogen-bond acceptors (Lipinski definition) is 4. The Bertz CT molecular complexity index is 974. The first-order chi connectivity index (χ1) is 13.7. The van der Waals surface area contributed by atoms with Crippen LogP contribution >= 0.6 is 23.8 Å². The number of anilines is 1. The predicted molar refractivity (Wildman–Crippen MR) is 109 cm³/mol. The van der Waals surface area contributed by atoms with E-state index in [-0.39, 0.29) is 23.2 Å². The summed E-state index contributed by atoms with van der Waals surface area (Å²) in [4.78, 5) is 4.50. The molecule has 2 aliphatic rings. The van der Waals surface area contributed by atoms with E-state index in [1.54, 1.807) is 6.20 Å². The second-order valence-corrected chi connectivity index (χ2v) is 8.43. The maximum absolute atomic E-state index is 14.9. The first-order valence-corrected chi connectivity index (χ1v) is 9.96. The fraction of sp³-hybridized carbons (Fsp3) is 0.400. The van der Waals surface area contributed by atoms with E-state index in [0.717, 1.165) is 24.1 Å². The molecule has 0 amide bonds. The van der Waals surface area contributed by atoms with Crippen LogP contribution in [0.3, 0.4) is 0 Å². The van der Waals surface area contributed by atoms with Gasteiger partial charge < -0.3 is 15.4 Å². The Balaban J connectivity index is 1.68. The van der Waals surface area contributed by atoms with Crippen LogP contribution in [0.2, 0.25) is 5.02 Å². The van der Waals surface area contributed by atoms with E-state index in [4.69, 9.17) is 28.6 Å². The molecule has 2 N–H and O–H groups in total. The van der Waals surface area contributed by atoms with Crippen LogP contribution in [0.5, 0.6) is 0 Å². The summed E-state index contributed by atoms with van der Waals surface area (Å²) in [5, 5.41) is 6.46. The zero-order valence-electron chi connectivity index (χ0n) is 15.6. The fourth-order valence-corrected chi connectivity index (χ4v) is 4.34. The molecular weight excluding hydrogens is 423 g/mol. The quantitative estimate of drug-likeness (QED) is 0.672. The monoisotopic (exact) mass is 441 g/mol. The van der Waals surface area contributed by atoms with Crippen LogP contribution in [-0.2, 0) is 16.7 Å². The first kappa shape index (κ1) is 20.4. The van der Waals surface area contributed by atoms with Gasteiger partial charge in [-0.3, -0.25) is 4.98 Å². The van der Waals surface area contributed by atoms with Crippen molar-refractivity contribution in [3.05, 3.63) is 58.1 Å². The number of nitrogens with zero attached hydrogens (tertiary/aromatic N) is 1. The second kappa shape index (κ2) is 7.41. The van der Waals surface area contributed by atoms with Crippen molar-refractivity contribution in [2.24, 2.45) is 0 Å². The number of halogens is 4. The van der Waals surface area contributed by atoms with Gasteiger partial charge in [0.05, 0.1) is 23.4 Å². The molecule has 1 saturated heterocycles. The highest BCUT2D eigenvalue weighted by atomic mass is 35.5. The first-order valence-electron chi connectivity index (χ1n) is 9.17. The molecule has 0 spiro atoms. The number of hydrogen-bond donors (Lipinski definition) is 2. The molecule has 0 radical (unpaired) electrons. The predicted octanol–water partition coefficient (Wildman–Crippen LogP) is 4.77. The maximum Gasteiger partial charge on any atom is 0.297 e. The van der Waals surface area contributed by atoms with Crippen molar-refractivity contribution >= 4 is 34.5 Å². The smallest absolute Gasteiger partial charge is 0.297 e. The molecule has 2 heterocycles. The normalized spacial score (nSPS) is 25.8. The lowest BCUT2D eigenvalue weighted by molar-refractivity contribution is -0.120. The van der Waals surface area contributed by atoms with E-state index in [0.29, 0.717) is 10.7 Å². The number of aromatic nitrogens is 1. The van der Waals surface area contributed by atoms with E-state index < -0.39 is 23.9 Å². The molecule has 1 aromatic carbocycles. The van der Waals surface area contributed by atoms with Gasteiger partial charge >= 0.3 is 0 Å². The van der Waals surface area contributed by atoms with Crippen LogP contribution in [0.4, 0.5) is 18.9 Å². The third-order valence-electron chi connectivity index (χ3n) is 5.48. The standard InChI is InChI=1S/C20H19ClF3N3OS/c1-19(20(23,24)10-28-9-17(29)27-19)14-7-13(3-4-15(14)22)26-16-5-2-11-6-12(21)8-25-18(11)16/h3-4,6-8,16,26H,2,5,9-10H2,1H3,(H,27,29)/t16-,19+/m0/s1. The topological polar surface area (TPSA) is 46.2 Å². The van der Waals surface area contributed by atoms with Gasteiger partial charge in [-0.25, -0.2) is 13.2 Å². The van der Waals surface area contributed by atoms with Crippen molar-refractivity contribution in [3.63, 3.8) is 0 Å². The Morgan fingerprint density at radius 1 is 1.34 bits per heavy atom. The van der Waals surface area contributed by atoms with Crippen molar-refractivity contribution in [2.45, 2.75) is 37.3 Å². The van der Waals surface area contributed by atoms with E-state index in [1.165, 1.54) is 25.1 Å². The minimum atomic E-state index is -3.37. The van der Waals surface area contributed by atoms with Crippen molar-refractivity contribution in [3.8, 4) is 0 Å². The molecule has 0 bridgehead atoms.